The molecule has 0 N–H and O–H groups in total. The fraction of sp³-hybridized carbons (Fsp3) is 0.357. The van der Waals surface area contributed by atoms with Gasteiger partial charge in [-0.1, -0.05) is 11.2 Å². The normalized spacial score (nSPS) is 11.4. The zero-order valence-corrected chi connectivity index (χ0v) is 14.2. The highest BCUT2D eigenvalue weighted by molar-refractivity contribution is 7.15. The lowest BCUT2D eigenvalue weighted by Gasteiger charge is -2.24. The first kappa shape index (κ1) is 18.9. The van der Waals surface area contributed by atoms with E-state index in [1.165, 1.54) is 12.0 Å². The van der Waals surface area contributed by atoms with Gasteiger partial charge in [-0.3, -0.25) is 4.84 Å². The zero-order chi connectivity index (χ0) is 18.6. The summed E-state index contributed by atoms with van der Waals surface area (Å²) in [4.78, 5) is 23.0. The minimum Gasteiger partial charge on any atom is -0.329 e. The Bertz CT molecular complexity index is 744. The number of thiophene rings is 1. The lowest BCUT2D eigenvalue weighted by atomic mass is 10.4. The Morgan fingerprint density at radius 3 is 2.76 bits per heavy atom. The van der Waals surface area contributed by atoms with Gasteiger partial charge in [0.2, 0.25) is 5.82 Å². The summed E-state index contributed by atoms with van der Waals surface area (Å²) in [5.41, 5.74) is 0. The standard InChI is InChI=1S/C14H15F3N4O3S/c1-4-7-20(2)13(22)21(23-3)8-9-5-6-10(25-9)11-18-12(24-19-11)14(15,16)17/h4-6H,1,7-8H2,2-3H3. The molecule has 0 aliphatic carbocycles. The van der Waals surface area contributed by atoms with Crippen molar-refractivity contribution in [2.24, 2.45) is 0 Å². The Balaban J connectivity index is 2.11. The number of amides is 2. The molecule has 2 amide bonds. The Morgan fingerprint density at radius 1 is 1.48 bits per heavy atom. The fourth-order valence-corrected chi connectivity index (χ4v) is 2.75. The van der Waals surface area contributed by atoms with Gasteiger partial charge >= 0.3 is 18.1 Å². The first-order valence-electron chi connectivity index (χ1n) is 6.94. The van der Waals surface area contributed by atoms with E-state index in [1.54, 1.807) is 25.3 Å². The number of hydroxylamine groups is 2. The van der Waals surface area contributed by atoms with Crippen LogP contribution < -0.4 is 0 Å². The van der Waals surface area contributed by atoms with Gasteiger partial charge < -0.3 is 9.42 Å². The van der Waals surface area contributed by atoms with E-state index < -0.39 is 12.1 Å². The van der Waals surface area contributed by atoms with E-state index in [-0.39, 0.29) is 18.4 Å². The minimum absolute atomic E-state index is 0.117. The van der Waals surface area contributed by atoms with Gasteiger partial charge in [-0.05, 0) is 12.1 Å². The number of halogens is 3. The van der Waals surface area contributed by atoms with Crippen LogP contribution in [0.1, 0.15) is 10.8 Å². The van der Waals surface area contributed by atoms with Gasteiger partial charge in [-0.2, -0.15) is 23.2 Å². The summed E-state index contributed by atoms with van der Waals surface area (Å²) in [5.74, 6) is -1.57. The summed E-state index contributed by atoms with van der Waals surface area (Å²) in [6, 6.07) is 2.82. The van der Waals surface area contributed by atoms with Gasteiger partial charge in [0, 0.05) is 18.5 Å². The maximum absolute atomic E-state index is 12.5. The Hall–Kier alpha value is -2.40. The summed E-state index contributed by atoms with van der Waals surface area (Å²) >= 11 is 1.13. The molecule has 0 spiro atoms. The Kier molecular flexibility index (Phi) is 5.80. The van der Waals surface area contributed by atoms with Gasteiger partial charge in [0.1, 0.15) is 0 Å². The van der Waals surface area contributed by atoms with E-state index >= 15 is 0 Å². The largest absolute Gasteiger partial charge is 0.471 e. The third kappa shape index (κ3) is 4.57. The van der Waals surface area contributed by atoms with Crippen LogP contribution in [0.5, 0.6) is 0 Å². The van der Waals surface area contributed by atoms with Crippen LogP contribution in [0.15, 0.2) is 29.3 Å². The lowest BCUT2D eigenvalue weighted by molar-refractivity contribution is -0.159. The molecule has 2 rings (SSSR count). The third-order valence-corrected chi connectivity index (χ3v) is 4.08. The molecule has 25 heavy (non-hydrogen) atoms. The highest BCUT2D eigenvalue weighted by Crippen LogP contribution is 2.32. The summed E-state index contributed by atoms with van der Waals surface area (Å²) < 4.78 is 41.7. The lowest BCUT2D eigenvalue weighted by Crippen LogP contribution is -2.40. The van der Waals surface area contributed by atoms with E-state index in [1.807, 2.05) is 0 Å². The van der Waals surface area contributed by atoms with Gasteiger partial charge in [0.05, 0.1) is 18.5 Å². The molecule has 0 radical (unpaired) electrons. The van der Waals surface area contributed by atoms with E-state index in [0.717, 1.165) is 16.4 Å². The molecule has 0 saturated heterocycles. The highest BCUT2D eigenvalue weighted by atomic mass is 32.1. The Labute approximate surface area is 145 Å². The van der Waals surface area contributed by atoms with Gasteiger partial charge in [0.25, 0.3) is 0 Å². The summed E-state index contributed by atoms with van der Waals surface area (Å²) in [6.07, 6.45) is -3.12. The van der Waals surface area contributed by atoms with Crippen LogP contribution in [-0.4, -0.2) is 46.8 Å². The van der Waals surface area contributed by atoms with Gasteiger partial charge in [-0.25, -0.2) is 4.79 Å². The van der Waals surface area contributed by atoms with E-state index in [9.17, 15) is 18.0 Å². The Morgan fingerprint density at radius 2 is 2.20 bits per heavy atom. The van der Waals surface area contributed by atoms with Crippen LogP contribution >= 0.6 is 11.3 Å². The van der Waals surface area contributed by atoms with Crippen molar-refractivity contribution in [1.29, 1.82) is 0 Å². The third-order valence-electron chi connectivity index (χ3n) is 3.01. The number of nitrogens with zero attached hydrogens (tertiary/aromatic N) is 4. The fourth-order valence-electron chi connectivity index (χ4n) is 1.84. The van der Waals surface area contributed by atoms with Crippen molar-refractivity contribution < 1.29 is 27.3 Å². The summed E-state index contributed by atoms with van der Waals surface area (Å²) in [5, 5.41) is 4.45. The number of carbonyl (C=O) groups is 1. The van der Waals surface area contributed by atoms with Crippen molar-refractivity contribution in [1.82, 2.24) is 20.1 Å². The number of hydrogen-bond donors (Lipinski definition) is 0. The molecule has 0 atom stereocenters. The number of alkyl halides is 3. The SMILES string of the molecule is C=CCN(C)C(=O)N(Cc1ccc(-c2noc(C(F)(F)F)n2)s1)OC. The maximum Gasteiger partial charge on any atom is 0.471 e. The van der Waals surface area contributed by atoms with Crippen molar-refractivity contribution in [3.8, 4) is 10.7 Å². The van der Waals surface area contributed by atoms with E-state index in [2.05, 4.69) is 21.2 Å². The summed E-state index contributed by atoms with van der Waals surface area (Å²) in [6.45, 7) is 4.02. The van der Waals surface area contributed by atoms with Crippen molar-refractivity contribution in [3.05, 3.63) is 35.6 Å². The number of urea groups is 1. The molecule has 0 aliphatic heterocycles. The number of rotatable bonds is 6. The topological polar surface area (TPSA) is 71.7 Å². The molecule has 2 aromatic heterocycles. The van der Waals surface area contributed by atoms with Crippen molar-refractivity contribution >= 4 is 17.4 Å². The average Bonchev–Trinajstić information content (AvgIpc) is 3.20. The van der Waals surface area contributed by atoms with Gasteiger partial charge in [-0.15, -0.1) is 17.9 Å². The molecule has 7 nitrogen and oxygen atoms in total. The van der Waals surface area contributed by atoms with E-state index in [4.69, 9.17) is 4.84 Å². The molecular weight excluding hydrogens is 361 g/mol. The maximum atomic E-state index is 12.5. The van der Waals surface area contributed by atoms with Crippen LogP contribution in [-0.2, 0) is 17.6 Å². The second kappa shape index (κ2) is 7.66. The molecule has 0 aromatic carbocycles. The average molecular weight is 376 g/mol. The second-order valence-corrected chi connectivity index (χ2v) is 6.03. The molecule has 136 valence electrons. The second-order valence-electron chi connectivity index (χ2n) is 4.86. The molecule has 0 aliphatic rings. The zero-order valence-electron chi connectivity index (χ0n) is 13.4. The first-order chi connectivity index (χ1) is 11.8. The summed E-state index contributed by atoms with van der Waals surface area (Å²) in [7, 11) is 2.94. The number of aromatic nitrogens is 2. The monoisotopic (exact) mass is 376 g/mol. The van der Waals surface area contributed by atoms with Crippen molar-refractivity contribution in [2.75, 3.05) is 20.7 Å². The predicted octanol–water partition coefficient (Wildman–Crippen LogP) is 3.42. The minimum atomic E-state index is -4.69. The number of hydrogen-bond acceptors (Lipinski definition) is 6. The number of likely N-dealkylation sites (N-methyl/N-ethyl adjacent to an activating group) is 1. The van der Waals surface area contributed by atoms with Crippen molar-refractivity contribution in [2.45, 2.75) is 12.7 Å². The van der Waals surface area contributed by atoms with Crippen molar-refractivity contribution in [3.63, 3.8) is 0 Å². The molecule has 2 aromatic rings. The number of carbonyl (C=O) groups excluding carboxylic acids is 1. The molecule has 0 fully saturated rings. The van der Waals surface area contributed by atoms with Crippen LogP contribution in [0.3, 0.4) is 0 Å². The smallest absolute Gasteiger partial charge is 0.329 e. The van der Waals surface area contributed by atoms with Gasteiger partial charge in [0.15, 0.2) is 0 Å². The van der Waals surface area contributed by atoms with Crippen LogP contribution in [0, 0.1) is 0 Å². The molecular formula is C14H15F3N4O3S. The first-order valence-corrected chi connectivity index (χ1v) is 7.75. The molecule has 11 heteroatoms. The van der Waals surface area contributed by atoms with E-state index in [0.29, 0.717) is 16.3 Å². The molecule has 0 bridgehead atoms. The van der Waals surface area contributed by atoms with Crippen LogP contribution in [0.2, 0.25) is 0 Å². The molecule has 2 heterocycles. The van der Waals surface area contributed by atoms with Crippen LogP contribution in [0.4, 0.5) is 18.0 Å². The highest BCUT2D eigenvalue weighted by Gasteiger charge is 2.38. The molecule has 0 saturated carbocycles. The van der Waals surface area contributed by atoms with Crippen LogP contribution in [0.25, 0.3) is 10.7 Å². The predicted molar refractivity (Wildman–Crippen MR) is 83.4 cm³/mol. The quantitative estimate of drug-likeness (QED) is 0.571. The molecule has 0 unspecified atom stereocenters.